The van der Waals surface area contributed by atoms with Gasteiger partial charge in [0.1, 0.15) is 0 Å². The Balaban J connectivity index is 2.04. The SMILES string of the molecule is CC(=N)c1cncc(-c2ccc3c(c2)CC(=O)N3C)c1. The molecule has 2 aromatic rings. The van der Waals surface area contributed by atoms with Gasteiger partial charge >= 0.3 is 0 Å². The van der Waals surface area contributed by atoms with E-state index >= 15 is 0 Å². The second-order valence-corrected chi connectivity index (χ2v) is 5.06. The molecule has 20 heavy (non-hydrogen) atoms. The van der Waals surface area contributed by atoms with Crippen LogP contribution in [-0.4, -0.2) is 23.7 Å². The number of hydrogen-bond acceptors (Lipinski definition) is 3. The van der Waals surface area contributed by atoms with Crippen LogP contribution >= 0.6 is 0 Å². The number of aromatic nitrogens is 1. The minimum absolute atomic E-state index is 0.124. The highest BCUT2D eigenvalue weighted by atomic mass is 16.2. The monoisotopic (exact) mass is 265 g/mol. The third kappa shape index (κ3) is 1.99. The molecule has 1 amide bonds. The number of amides is 1. The van der Waals surface area contributed by atoms with E-state index < -0.39 is 0 Å². The molecule has 100 valence electrons. The number of anilines is 1. The first-order valence-electron chi connectivity index (χ1n) is 6.46. The average Bonchev–Trinajstić information content (AvgIpc) is 2.74. The maximum atomic E-state index is 11.7. The Kier molecular flexibility index (Phi) is 2.86. The van der Waals surface area contributed by atoms with Gasteiger partial charge in [-0.05, 0) is 36.2 Å². The average molecular weight is 265 g/mol. The molecule has 0 bridgehead atoms. The zero-order valence-corrected chi connectivity index (χ0v) is 11.5. The van der Waals surface area contributed by atoms with Crippen LogP contribution in [0.1, 0.15) is 18.1 Å². The maximum Gasteiger partial charge on any atom is 0.231 e. The molecule has 4 heteroatoms. The molecule has 1 aromatic carbocycles. The Morgan fingerprint density at radius 3 is 2.80 bits per heavy atom. The summed E-state index contributed by atoms with van der Waals surface area (Å²) >= 11 is 0. The van der Waals surface area contributed by atoms with Crippen molar-refractivity contribution >= 4 is 17.3 Å². The summed E-state index contributed by atoms with van der Waals surface area (Å²) in [5.74, 6) is 0.124. The molecule has 0 fully saturated rings. The fourth-order valence-corrected chi connectivity index (χ4v) is 2.45. The molecule has 1 aromatic heterocycles. The van der Waals surface area contributed by atoms with Crippen LogP contribution in [0.2, 0.25) is 0 Å². The Hall–Kier alpha value is -2.49. The van der Waals surface area contributed by atoms with Gasteiger partial charge in [0, 0.05) is 42.0 Å². The number of benzene rings is 1. The van der Waals surface area contributed by atoms with E-state index in [0.29, 0.717) is 12.1 Å². The van der Waals surface area contributed by atoms with Gasteiger partial charge in [-0.15, -0.1) is 0 Å². The van der Waals surface area contributed by atoms with Crippen molar-refractivity contribution in [2.24, 2.45) is 0 Å². The van der Waals surface area contributed by atoms with E-state index in [1.165, 1.54) is 0 Å². The molecule has 0 saturated carbocycles. The number of carbonyl (C=O) groups is 1. The van der Waals surface area contributed by atoms with E-state index in [0.717, 1.165) is 27.9 Å². The number of carbonyl (C=O) groups excluding carboxylic acids is 1. The molecular weight excluding hydrogens is 250 g/mol. The second kappa shape index (κ2) is 4.56. The Labute approximate surface area is 117 Å². The van der Waals surface area contributed by atoms with Crippen molar-refractivity contribution in [1.29, 1.82) is 5.41 Å². The van der Waals surface area contributed by atoms with Gasteiger partial charge < -0.3 is 10.3 Å². The number of nitrogens with zero attached hydrogens (tertiary/aromatic N) is 2. The van der Waals surface area contributed by atoms with Crippen LogP contribution in [0.15, 0.2) is 36.7 Å². The fraction of sp³-hybridized carbons (Fsp3) is 0.188. The predicted molar refractivity (Wildman–Crippen MR) is 79.3 cm³/mol. The topological polar surface area (TPSA) is 57.1 Å². The molecule has 4 nitrogen and oxygen atoms in total. The highest BCUT2D eigenvalue weighted by Gasteiger charge is 2.23. The van der Waals surface area contributed by atoms with Gasteiger partial charge in [0.2, 0.25) is 5.91 Å². The van der Waals surface area contributed by atoms with Crippen LogP contribution in [0, 0.1) is 5.41 Å². The number of hydrogen-bond donors (Lipinski definition) is 1. The van der Waals surface area contributed by atoms with Gasteiger partial charge in [0.15, 0.2) is 0 Å². The lowest BCUT2D eigenvalue weighted by molar-refractivity contribution is -0.117. The number of rotatable bonds is 2. The molecule has 0 aliphatic carbocycles. The van der Waals surface area contributed by atoms with Gasteiger partial charge in [-0.3, -0.25) is 9.78 Å². The van der Waals surface area contributed by atoms with Crippen molar-refractivity contribution in [2.75, 3.05) is 11.9 Å². The highest BCUT2D eigenvalue weighted by Crippen LogP contribution is 2.31. The molecule has 0 saturated heterocycles. The summed E-state index contributed by atoms with van der Waals surface area (Å²) in [4.78, 5) is 17.6. The van der Waals surface area contributed by atoms with Gasteiger partial charge in [-0.2, -0.15) is 0 Å². The van der Waals surface area contributed by atoms with Gasteiger partial charge in [-0.25, -0.2) is 0 Å². The number of fused-ring (bicyclic) bond motifs is 1. The first-order chi connectivity index (χ1) is 9.56. The third-order valence-electron chi connectivity index (χ3n) is 3.66. The lowest BCUT2D eigenvalue weighted by Crippen LogP contribution is -2.20. The number of likely N-dealkylation sites (N-methyl/N-ethyl adjacent to an activating group) is 1. The Morgan fingerprint density at radius 1 is 1.25 bits per heavy atom. The second-order valence-electron chi connectivity index (χ2n) is 5.06. The minimum atomic E-state index is 0.124. The lowest BCUT2D eigenvalue weighted by Gasteiger charge is -2.11. The van der Waals surface area contributed by atoms with Gasteiger partial charge in [-0.1, -0.05) is 6.07 Å². The summed E-state index contributed by atoms with van der Waals surface area (Å²) in [7, 11) is 1.80. The van der Waals surface area contributed by atoms with Crippen molar-refractivity contribution in [3.05, 3.63) is 47.8 Å². The summed E-state index contributed by atoms with van der Waals surface area (Å²) in [6.45, 7) is 1.75. The maximum absolute atomic E-state index is 11.7. The predicted octanol–water partition coefficient (Wildman–Crippen LogP) is 2.66. The summed E-state index contributed by atoms with van der Waals surface area (Å²) in [6.07, 6.45) is 3.93. The third-order valence-corrected chi connectivity index (χ3v) is 3.66. The van der Waals surface area contributed by atoms with Crippen LogP contribution in [0.3, 0.4) is 0 Å². The van der Waals surface area contributed by atoms with Crippen molar-refractivity contribution in [1.82, 2.24) is 4.98 Å². The summed E-state index contributed by atoms with van der Waals surface area (Å²) < 4.78 is 0. The van der Waals surface area contributed by atoms with Gasteiger partial charge in [0.25, 0.3) is 0 Å². The minimum Gasteiger partial charge on any atom is -0.315 e. The largest absolute Gasteiger partial charge is 0.315 e. The van der Waals surface area contributed by atoms with Crippen LogP contribution in [0.4, 0.5) is 5.69 Å². The first kappa shape index (κ1) is 12.5. The van der Waals surface area contributed by atoms with Crippen molar-refractivity contribution in [3.8, 4) is 11.1 Å². The van der Waals surface area contributed by atoms with Crippen molar-refractivity contribution in [2.45, 2.75) is 13.3 Å². The first-order valence-corrected chi connectivity index (χ1v) is 6.46. The smallest absolute Gasteiger partial charge is 0.231 e. The van der Waals surface area contributed by atoms with Crippen LogP contribution in [0.25, 0.3) is 11.1 Å². The molecule has 1 N–H and O–H groups in total. The van der Waals surface area contributed by atoms with Crippen LogP contribution < -0.4 is 4.90 Å². The van der Waals surface area contributed by atoms with Crippen LogP contribution in [0.5, 0.6) is 0 Å². The zero-order valence-electron chi connectivity index (χ0n) is 11.5. The number of pyridine rings is 1. The molecule has 1 aliphatic heterocycles. The summed E-state index contributed by atoms with van der Waals surface area (Å²) in [5.41, 5.74) is 5.34. The van der Waals surface area contributed by atoms with Crippen molar-refractivity contribution < 1.29 is 4.79 Å². The molecular formula is C16H15N3O. The van der Waals surface area contributed by atoms with E-state index in [-0.39, 0.29) is 5.91 Å². The van der Waals surface area contributed by atoms with E-state index in [1.807, 2.05) is 24.3 Å². The standard InChI is InChI=1S/C16H15N3O/c1-10(17)13-6-14(9-18-8-13)11-3-4-15-12(5-11)7-16(20)19(15)2/h3-6,8-9,17H,7H2,1-2H3. The molecule has 1 aliphatic rings. The molecule has 0 radical (unpaired) electrons. The van der Waals surface area contributed by atoms with E-state index in [4.69, 9.17) is 5.41 Å². The fourth-order valence-electron chi connectivity index (χ4n) is 2.45. The normalized spacial score (nSPS) is 13.5. The summed E-state index contributed by atoms with van der Waals surface area (Å²) in [6, 6.07) is 7.96. The quantitative estimate of drug-likeness (QED) is 0.849. The van der Waals surface area contributed by atoms with E-state index in [2.05, 4.69) is 4.98 Å². The zero-order chi connectivity index (χ0) is 14.3. The molecule has 3 rings (SSSR count). The Bertz CT molecular complexity index is 721. The Morgan fingerprint density at radius 2 is 2.05 bits per heavy atom. The molecule has 0 atom stereocenters. The lowest BCUT2D eigenvalue weighted by atomic mass is 10.0. The molecule has 0 spiro atoms. The van der Waals surface area contributed by atoms with E-state index in [1.54, 1.807) is 31.3 Å². The molecule has 0 unspecified atom stereocenters. The van der Waals surface area contributed by atoms with Crippen molar-refractivity contribution in [3.63, 3.8) is 0 Å². The van der Waals surface area contributed by atoms with Gasteiger partial charge in [0.05, 0.1) is 6.42 Å². The van der Waals surface area contributed by atoms with E-state index in [9.17, 15) is 4.79 Å². The van der Waals surface area contributed by atoms with Crippen LogP contribution in [-0.2, 0) is 11.2 Å². The highest BCUT2D eigenvalue weighted by molar-refractivity contribution is 6.01. The molecule has 2 heterocycles. The summed E-state index contributed by atoms with van der Waals surface area (Å²) in [5, 5.41) is 7.68. The number of nitrogens with one attached hydrogen (secondary N) is 1.